The molecule has 0 bridgehead atoms. The van der Waals surface area contributed by atoms with Crippen molar-refractivity contribution in [3.63, 3.8) is 0 Å². The van der Waals surface area contributed by atoms with Crippen LogP contribution in [0.3, 0.4) is 0 Å². The molecule has 2 aromatic rings. The van der Waals surface area contributed by atoms with Crippen LogP contribution in [-0.2, 0) is 0 Å². The number of halogens is 1. The summed E-state index contributed by atoms with van der Waals surface area (Å²) in [5, 5.41) is 3.23. The van der Waals surface area contributed by atoms with Crippen LogP contribution < -0.4 is 10.9 Å². The first-order valence-electron chi connectivity index (χ1n) is 6.68. The van der Waals surface area contributed by atoms with E-state index in [4.69, 9.17) is 4.42 Å². The molecule has 0 aliphatic heterocycles. The Balaban J connectivity index is 1.95. The van der Waals surface area contributed by atoms with E-state index in [9.17, 15) is 14.0 Å². The molecule has 1 aromatic heterocycles. The molecular formula is C15H14FNO3. The number of fused-ring (bicyclic) bond motifs is 1. The van der Waals surface area contributed by atoms with Crippen molar-refractivity contribution in [2.24, 2.45) is 0 Å². The molecule has 0 atom stereocenters. The first kappa shape index (κ1) is 12.8. The van der Waals surface area contributed by atoms with E-state index < -0.39 is 17.3 Å². The second-order valence-electron chi connectivity index (χ2n) is 5.08. The molecule has 20 heavy (non-hydrogen) atoms. The fourth-order valence-corrected chi connectivity index (χ4v) is 2.59. The van der Waals surface area contributed by atoms with Crippen LogP contribution in [0.25, 0.3) is 11.0 Å². The van der Waals surface area contributed by atoms with Crippen LogP contribution in [0.15, 0.2) is 33.5 Å². The Morgan fingerprint density at radius 2 is 2.00 bits per heavy atom. The van der Waals surface area contributed by atoms with Gasteiger partial charge < -0.3 is 9.73 Å². The van der Waals surface area contributed by atoms with Crippen LogP contribution in [0.1, 0.15) is 36.0 Å². The number of amides is 1. The molecule has 5 heteroatoms. The van der Waals surface area contributed by atoms with Gasteiger partial charge in [0.05, 0.1) is 0 Å². The molecule has 1 aliphatic carbocycles. The summed E-state index contributed by atoms with van der Waals surface area (Å²) < 4.78 is 18.2. The van der Waals surface area contributed by atoms with E-state index in [-0.39, 0.29) is 17.2 Å². The summed E-state index contributed by atoms with van der Waals surface area (Å²) in [6, 6.07) is 5.33. The molecule has 1 saturated carbocycles. The lowest BCUT2D eigenvalue weighted by molar-refractivity contribution is 0.0934. The lowest BCUT2D eigenvalue weighted by Crippen LogP contribution is -2.35. The number of hydrogen-bond acceptors (Lipinski definition) is 3. The molecule has 4 nitrogen and oxygen atoms in total. The fraction of sp³-hybridized carbons (Fsp3) is 0.333. The Hall–Kier alpha value is -2.17. The van der Waals surface area contributed by atoms with Crippen molar-refractivity contribution in [2.45, 2.75) is 31.7 Å². The van der Waals surface area contributed by atoms with E-state index in [2.05, 4.69) is 5.32 Å². The van der Waals surface area contributed by atoms with Gasteiger partial charge in [0, 0.05) is 11.4 Å². The molecule has 0 spiro atoms. The van der Waals surface area contributed by atoms with Crippen LogP contribution in [0.4, 0.5) is 4.39 Å². The third kappa shape index (κ3) is 2.43. The Labute approximate surface area is 114 Å². The zero-order chi connectivity index (χ0) is 14.1. The summed E-state index contributed by atoms with van der Waals surface area (Å²) >= 11 is 0. The number of benzene rings is 1. The first-order valence-corrected chi connectivity index (χ1v) is 6.68. The number of hydrogen-bond donors (Lipinski definition) is 1. The van der Waals surface area contributed by atoms with E-state index in [1.54, 1.807) is 0 Å². The van der Waals surface area contributed by atoms with Crippen molar-refractivity contribution in [3.05, 3.63) is 46.1 Å². The second-order valence-corrected chi connectivity index (χ2v) is 5.08. The van der Waals surface area contributed by atoms with E-state index in [0.29, 0.717) is 5.39 Å². The molecule has 1 aromatic carbocycles. The zero-order valence-corrected chi connectivity index (χ0v) is 10.8. The molecule has 1 fully saturated rings. The average Bonchev–Trinajstić information content (AvgIpc) is 2.91. The van der Waals surface area contributed by atoms with Gasteiger partial charge in [-0.05, 0) is 37.1 Å². The average molecular weight is 275 g/mol. The molecule has 0 saturated heterocycles. The zero-order valence-electron chi connectivity index (χ0n) is 10.8. The summed E-state index contributed by atoms with van der Waals surface area (Å²) in [6.07, 6.45) is 4.03. The maximum Gasteiger partial charge on any atom is 0.349 e. The first-order chi connectivity index (χ1) is 9.63. The van der Waals surface area contributed by atoms with Crippen molar-refractivity contribution in [1.29, 1.82) is 0 Å². The van der Waals surface area contributed by atoms with Gasteiger partial charge in [-0.25, -0.2) is 9.18 Å². The van der Waals surface area contributed by atoms with Gasteiger partial charge in [0.25, 0.3) is 5.91 Å². The Morgan fingerprint density at radius 1 is 1.25 bits per heavy atom. The van der Waals surface area contributed by atoms with Gasteiger partial charge in [0.15, 0.2) is 0 Å². The minimum absolute atomic E-state index is 0.0741. The quantitative estimate of drug-likeness (QED) is 0.857. The minimum Gasteiger partial charge on any atom is -0.422 e. The Bertz CT molecular complexity index is 717. The second kappa shape index (κ2) is 5.07. The SMILES string of the molecule is O=C(NC1CCCC1)c1cc2cc(F)ccc2oc1=O. The summed E-state index contributed by atoms with van der Waals surface area (Å²) in [5.41, 5.74) is -0.497. The molecule has 104 valence electrons. The van der Waals surface area contributed by atoms with Crippen LogP contribution in [0, 0.1) is 5.82 Å². The summed E-state index contributed by atoms with van der Waals surface area (Å²) in [5.74, 6) is -0.884. The molecule has 0 unspecified atom stereocenters. The standard InChI is InChI=1S/C15H14FNO3/c16-10-5-6-13-9(7-10)8-12(15(19)20-13)14(18)17-11-3-1-2-4-11/h5-8,11H,1-4H2,(H,17,18). The number of carbonyl (C=O) groups excluding carboxylic acids is 1. The lowest BCUT2D eigenvalue weighted by atomic mass is 10.1. The predicted octanol–water partition coefficient (Wildman–Crippen LogP) is 2.60. The van der Waals surface area contributed by atoms with E-state index in [1.165, 1.54) is 24.3 Å². The topological polar surface area (TPSA) is 59.3 Å². The van der Waals surface area contributed by atoms with Gasteiger partial charge in [0.1, 0.15) is 17.0 Å². The van der Waals surface area contributed by atoms with Crippen LogP contribution in [0.5, 0.6) is 0 Å². The third-order valence-corrected chi connectivity index (χ3v) is 3.63. The van der Waals surface area contributed by atoms with Gasteiger partial charge in [-0.15, -0.1) is 0 Å². The monoisotopic (exact) mass is 275 g/mol. The van der Waals surface area contributed by atoms with Gasteiger partial charge in [-0.2, -0.15) is 0 Å². The van der Waals surface area contributed by atoms with Crippen LogP contribution >= 0.6 is 0 Å². The van der Waals surface area contributed by atoms with Crippen molar-refractivity contribution in [1.82, 2.24) is 5.32 Å². The van der Waals surface area contributed by atoms with E-state index >= 15 is 0 Å². The van der Waals surface area contributed by atoms with Crippen molar-refractivity contribution in [2.75, 3.05) is 0 Å². The van der Waals surface area contributed by atoms with Gasteiger partial charge in [0.2, 0.25) is 0 Å². The Morgan fingerprint density at radius 3 is 2.75 bits per heavy atom. The third-order valence-electron chi connectivity index (χ3n) is 3.63. The van der Waals surface area contributed by atoms with Crippen molar-refractivity contribution < 1.29 is 13.6 Å². The summed E-state index contributed by atoms with van der Waals surface area (Å²) in [7, 11) is 0. The van der Waals surface area contributed by atoms with Gasteiger partial charge in [-0.3, -0.25) is 4.79 Å². The molecule has 1 N–H and O–H groups in total. The maximum absolute atomic E-state index is 13.2. The molecule has 1 aliphatic rings. The van der Waals surface area contributed by atoms with E-state index in [1.807, 2.05) is 0 Å². The van der Waals surface area contributed by atoms with Gasteiger partial charge in [-0.1, -0.05) is 12.8 Å². The van der Waals surface area contributed by atoms with Crippen molar-refractivity contribution in [3.8, 4) is 0 Å². The Kier molecular flexibility index (Phi) is 3.26. The largest absolute Gasteiger partial charge is 0.422 e. The molecular weight excluding hydrogens is 261 g/mol. The van der Waals surface area contributed by atoms with Gasteiger partial charge >= 0.3 is 5.63 Å². The number of carbonyl (C=O) groups is 1. The summed E-state index contributed by atoms with van der Waals surface area (Å²) in [4.78, 5) is 23.9. The predicted molar refractivity (Wildman–Crippen MR) is 72.2 cm³/mol. The van der Waals surface area contributed by atoms with E-state index in [0.717, 1.165) is 25.7 Å². The molecule has 0 radical (unpaired) electrons. The maximum atomic E-state index is 13.2. The molecule has 3 rings (SSSR count). The van der Waals surface area contributed by atoms with Crippen LogP contribution in [0.2, 0.25) is 0 Å². The molecule has 1 heterocycles. The van der Waals surface area contributed by atoms with Crippen molar-refractivity contribution >= 4 is 16.9 Å². The molecule has 1 amide bonds. The van der Waals surface area contributed by atoms with Crippen LogP contribution in [-0.4, -0.2) is 11.9 Å². The fourth-order valence-electron chi connectivity index (χ4n) is 2.59. The highest BCUT2D eigenvalue weighted by atomic mass is 19.1. The number of nitrogens with one attached hydrogen (secondary N) is 1. The minimum atomic E-state index is -0.695. The number of rotatable bonds is 2. The highest BCUT2D eigenvalue weighted by Crippen LogP contribution is 2.19. The smallest absolute Gasteiger partial charge is 0.349 e. The highest BCUT2D eigenvalue weighted by molar-refractivity contribution is 5.96. The lowest BCUT2D eigenvalue weighted by Gasteiger charge is -2.11. The normalized spacial score (nSPS) is 15.7. The summed E-state index contributed by atoms with van der Waals surface area (Å²) in [6.45, 7) is 0. The highest BCUT2D eigenvalue weighted by Gasteiger charge is 2.20.